The van der Waals surface area contributed by atoms with Crippen LogP contribution in [0.1, 0.15) is 18.3 Å². The van der Waals surface area contributed by atoms with Crippen LogP contribution in [0.4, 0.5) is 5.69 Å². The third-order valence-corrected chi connectivity index (χ3v) is 3.39. The van der Waals surface area contributed by atoms with Gasteiger partial charge in [-0.15, -0.1) is 0 Å². The van der Waals surface area contributed by atoms with E-state index in [9.17, 15) is 10.1 Å². The standard InChI is InChI=1S/C12H12BrN3O2/c1-3-12-14-4-5-15(12)11-6-8(2)10(16(17)18)7-9(11)13/h4-7H,3H2,1-2H3. The fourth-order valence-electron chi connectivity index (χ4n) is 1.85. The van der Waals surface area contributed by atoms with Gasteiger partial charge in [-0.05, 0) is 28.9 Å². The monoisotopic (exact) mass is 309 g/mol. The van der Waals surface area contributed by atoms with E-state index in [1.807, 2.05) is 17.7 Å². The predicted octanol–water partition coefficient (Wildman–Crippen LogP) is 3.41. The Morgan fingerprint density at radius 2 is 2.22 bits per heavy atom. The molecule has 0 aliphatic carbocycles. The van der Waals surface area contributed by atoms with Gasteiger partial charge >= 0.3 is 0 Å². The summed E-state index contributed by atoms with van der Waals surface area (Å²) in [6, 6.07) is 3.33. The van der Waals surface area contributed by atoms with Crippen molar-refractivity contribution in [1.82, 2.24) is 9.55 Å². The van der Waals surface area contributed by atoms with Gasteiger partial charge in [0, 0.05) is 34.9 Å². The first-order valence-corrected chi connectivity index (χ1v) is 6.31. The van der Waals surface area contributed by atoms with Crippen LogP contribution in [-0.2, 0) is 6.42 Å². The fraction of sp³-hybridized carbons (Fsp3) is 0.250. The molecule has 94 valence electrons. The molecule has 0 aliphatic rings. The summed E-state index contributed by atoms with van der Waals surface area (Å²) >= 11 is 3.38. The van der Waals surface area contributed by atoms with Crippen LogP contribution in [0.5, 0.6) is 0 Å². The first kappa shape index (κ1) is 12.8. The molecule has 2 aromatic rings. The van der Waals surface area contributed by atoms with E-state index in [1.165, 1.54) is 6.07 Å². The largest absolute Gasteiger partial charge is 0.303 e. The van der Waals surface area contributed by atoms with Crippen LogP contribution < -0.4 is 0 Å². The van der Waals surface area contributed by atoms with E-state index in [2.05, 4.69) is 20.9 Å². The number of nitrogens with zero attached hydrogens (tertiary/aromatic N) is 3. The molecule has 2 rings (SSSR count). The van der Waals surface area contributed by atoms with Gasteiger partial charge < -0.3 is 4.57 Å². The van der Waals surface area contributed by atoms with Gasteiger partial charge in [0.1, 0.15) is 5.82 Å². The van der Waals surface area contributed by atoms with Gasteiger partial charge in [0.15, 0.2) is 0 Å². The minimum Gasteiger partial charge on any atom is -0.303 e. The lowest BCUT2D eigenvalue weighted by Gasteiger charge is -2.10. The molecule has 0 spiro atoms. The van der Waals surface area contributed by atoms with Crippen molar-refractivity contribution in [1.29, 1.82) is 0 Å². The molecule has 0 saturated carbocycles. The lowest BCUT2D eigenvalue weighted by molar-refractivity contribution is -0.385. The molecule has 0 radical (unpaired) electrons. The van der Waals surface area contributed by atoms with Gasteiger partial charge in [-0.25, -0.2) is 4.98 Å². The van der Waals surface area contributed by atoms with Gasteiger partial charge in [0.25, 0.3) is 5.69 Å². The van der Waals surface area contributed by atoms with E-state index in [0.29, 0.717) is 10.0 Å². The van der Waals surface area contributed by atoms with Crippen molar-refractivity contribution in [3.8, 4) is 5.69 Å². The number of aryl methyl sites for hydroxylation is 2. The van der Waals surface area contributed by atoms with Crippen molar-refractivity contribution in [2.75, 3.05) is 0 Å². The Bertz CT molecular complexity index is 607. The van der Waals surface area contributed by atoms with Crippen LogP contribution in [-0.4, -0.2) is 14.5 Å². The van der Waals surface area contributed by atoms with Crippen molar-refractivity contribution in [2.45, 2.75) is 20.3 Å². The van der Waals surface area contributed by atoms with E-state index in [1.54, 1.807) is 19.2 Å². The summed E-state index contributed by atoms with van der Waals surface area (Å²) in [6.45, 7) is 3.75. The molecule has 0 atom stereocenters. The van der Waals surface area contributed by atoms with Crippen LogP contribution in [0.3, 0.4) is 0 Å². The Labute approximate surface area is 113 Å². The third kappa shape index (κ3) is 2.15. The number of imidazole rings is 1. The lowest BCUT2D eigenvalue weighted by Crippen LogP contribution is -2.02. The van der Waals surface area contributed by atoms with E-state index < -0.39 is 0 Å². The zero-order valence-electron chi connectivity index (χ0n) is 10.1. The molecule has 18 heavy (non-hydrogen) atoms. The van der Waals surface area contributed by atoms with E-state index in [0.717, 1.165) is 17.9 Å². The van der Waals surface area contributed by atoms with E-state index >= 15 is 0 Å². The highest BCUT2D eigenvalue weighted by atomic mass is 79.9. The smallest absolute Gasteiger partial charge is 0.273 e. The summed E-state index contributed by atoms with van der Waals surface area (Å²) in [5.41, 5.74) is 1.62. The first-order chi connectivity index (χ1) is 8.54. The van der Waals surface area contributed by atoms with Gasteiger partial charge in [-0.1, -0.05) is 6.92 Å². The van der Waals surface area contributed by atoms with Crippen LogP contribution in [0, 0.1) is 17.0 Å². The maximum atomic E-state index is 10.9. The topological polar surface area (TPSA) is 61.0 Å². The van der Waals surface area contributed by atoms with Gasteiger partial charge in [-0.2, -0.15) is 0 Å². The Morgan fingerprint density at radius 1 is 1.50 bits per heavy atom. The van der Waals surface area contributed by atoms with E-state index in [4.69, 9.17) is 0 Å². The molecular weight excluding hydrogens is 298 g/mol. The summed E-state index contributed by atoms with van der Waals surface area (Å²) in [6.07, 6.45) is 4.38. The average molecular weight is 310 g/mol. The van der Waals surface area contributed by atoms with E-state index in [-0.39, 0.29) is 10.6 Å². The van der Waals surface area contributed by atoms with Crippen molar-refractivity contribution in [3.63, 3.8) is 0 Å². The van der Waals surface area contributed by atoms with Crippen LogP contribution in [0.25, 0.3) is 5.69 Å². The molecular formula is C12H12BrN3O2. The Hall–Kier alpha value is -1.69. The van der Waals surface area contributed by atoms with Crippen molar-refractivity contribution < 1.29 is 4.92 Å². The minimum absolute atomic E-state index is 0.115. The second-order valence-electron chi connectivity index (χ2n) is 3.91. The quantitative estimate of drug-likeness (QED) is 0.644. The summed E-state index contributed by atoms with van der Waals surface area (Å²) in [7, 11) is 0. The number of nitro benzene ring substituents is 1. The molecule has 0 saturated heterocycles. The van der Waals surface area contributed by atoms with Crippen molar-refractivity contribution in [3.05, 3.63) is 50.5 Å². The highest BCUT2D eigenvalue weighted by Crippen LogP contribution is 2.30. The maximum Gasteiger partial charge on any atom is 0.273 e. The number of hydrogen-bond acceptors (Lipinski definition) is 3. The molecule has 1 aromatic carbocycles. The van der Waals surface area contributed by atoms with Gasteiger partial charge in [0.2, 0.25) is 0 Å². The number of aromatic nitrogens is 2. The molecule has 0 aliphatic heterocycles. The molecule has 0 bridgehead atoms. The zero-order valence-corrected chi connectivity index (χ0v) is 11.6. The fourth-order valence-corrected chi connectivity index (χ4v) is 2.37. The maximum absolute atomic E-state index is 10.9. The lowest BCUT2D eigenvalue weighted by atomic mass is 10.2. The number of rotatable bonds is 3. The molecule has 1 aromatic heterocycles. The molecule has 0 amide bonds. The third-order valence-electron chi connectivity index (χ3n) is 2.76. The molecule has 0 N–H and O–H groups in total. The molecule has 0 unspecified atom stereocenters. The second kappa shape index (κ2) is 4.89. The summed E-state index contributed by atoms with van der Waals surface area (Å²) in [4.78, 5) is 14.7. The van der Waals surface area contributed by atoms with Crippen LogP contribution >= 0.6 is 15.9 Å². The highest BCUT2D eigenvalue weighted by Gasteiger charge is 2.16. The Morgan fingerprint density at radius 3 is 2.83 bits per heavy atom. The van der Waals surface area contributed by atoms with Gasteiger partial charge in [0.05, 0.1) is 10.6 Å². The normalized spacial score (nSPS) is 10.6. The second-order valence-corrected chi connectivity index (χ2v) is 4.77. The van der Waals surface area contributed by atoms with Crippen LogP contribution in [0.15, 0.2) is 29.0 Å². The molecule has 0 fully saturated rings. The molecule has 5 nitrogen and oxygen atoms in total. The van der Waals surface area contributed by atoms with Crippen molar-refractivity contribution >= 4 is 21.6 Å². The first-order valence-electron chi connectivity index (χ1n) is 5.51. The summed E-state index contributed by atoms with van der Waals surface area (Å²) < 4.78 is 2.62. The Kier molecular flexibility index (Phi) is 3.47. The number of halogens is 1. The number of hydrogen-bond donors (Lipinski definition) is 0. The van der Waals surface area contributed by atoms with Crippen LogP contribution in [0.2, 0.25) is 0 Å². The SMILES string of the molecule is CCc1nccn1-c1cc(C)c([N+](=O)[O-])cc1Br. The Balaban J connectivity index is 2.60. The summed E-state index contributed by atoms with van der Waals surface area (Å²) in [5, 5.41) is 10.9. The van der Waals surface area contributed by atoms with Gasteiger partial charge in [-0.3, -0.25) is 10.1 Å². The highest BCUT2D eigenvalue weighted by molar-refractivity contribution is 9.10. The minimum atomic E-state index is -0.376. The molecule has 1 heterocycles. The average Bonchev–Trinajstić information content (AvgIpc) is 2.79. The zero-order chi connectivity index (χ0) is 13.3. The number of nitro groups is 1. The summed E-state index contributed by atoms with van der Waals surface area (Å²) in [5.74, 6) is 0.920. The van der Waals surface area contributed by atoms with Crippen molar-refractivity contribution in [2.24, 2.45) is 0 Å². The predicted molar refractivity (Wildman–Crippen MR) is 72.0 cm³/mol. The number of benzene rings is 1. The molecule has 6 heteroatoms.